The van der Waals surface area contributed by atoms with E-state index in [1.54, 1.807) is 16.8 Å². The van der Waals surface area contributed by atoms with Crippen LogP contribution >= 0.6 is 0 Å². The van der Waals surface area contributed by atoms with Gasteiger partial charge in [-0.15, -0.1) is 5.10 Å². The highest BCUT2D eigenvalue weighted by Gasteiger charge is 2.10. The van der Waals surface area contributed by atoms with E-state index in [9.17, 15) is 0 Å². The summed E-state index contributed by atoms with van der Waals surface area (Å²) in [4.78, 5) is 6.92. The van der Waals surface area contributed by atoms with Crippen LogP contribution in [0.2, 0.25) is 0 Å². The average Bonchev–Trinajstić information content (AvgIpc) is 3.42. The number of aliphatic imine (C=N–C) groups is 1. The zero-order valence-corrected chi connectivity index (χ0v) is 16.7. The molecule has 1 saturated heterocycles. The Morgan fingerprint density at radius 1 is 1.07 bits per heavy atom. The lowest BCUT2D eigenvalue weighted by molar-refractivity contribution is 0.454. The minimum absolute atomic E-state index is 0.519. The predicted octanol–water partition coefficient (Wildman–Crippen LogP) is 4.91. The molecule has 2 heterocycles. The molecule has 29 heavy (non-hydrogen) atoms. The van der Waals surface area contributed by atoms with Gasteiger partial charge in [0.2, 0.25) is 5.88 Å². The van der Waals surface area contributed by atoms with Crippen molar-refractivity contribution in [2.75, 3.05) is 13.1 Å². The van der Waals surface area contributed by atoms with E-state index in [1.165, 1.54) is 12.8 Å². The van der Waals surface area contributed by atoms with Gasteiger partial charge in [-0.05, 0) is 74.2 Å². The third-order valence-electron chi connectivity index (χ3n) is 5.03. The second-order valence-corrected chi connectivity index (χ2v) is 7.25. The highest BCUT2D eigenvalue weighted by Crippen LogP contribution is 2.31. The van der Waals surface area contributed by atoms with Crippen molar-refractivity contribution < 1.29 is 4.74 Å². The van der Waals surface area contributed by atoms with Crippen molar-refractivity contribution >= 4 is 12.0 Å². The van der Waals surface area contributed by atoms with Gasteiger partial charge in [0, 0.05) is 25.4 Å². The Morgan fingerprint density at radius 3 is 2.55 bits per heavy atom. The van der Waals surface area contributed by atoms with E-state index in [4.69, 9.17) is 10.00 Å². The van der Waals surface area contributed by atoms with E-state index in [2.05, 4.69) is 27.1 Å². The lowest BCUT2D eigenvalue weighted by atomic mass is 10.1. The molecule has 0 bridgehead atoms. The summed E-state index contributed by atoms with van der Waals surface area (Å²) < 4.78 is 7.75. The molecule has 0 aliphatic carbocycles. The summed E-state index contributed by atoms with van der Waals surface area (Å²) in [6.45, 7) is 6.23. The van der Waals surface area contributed by atoms with Crippen molar-refractivity contribution in [3.63, 3.8) is 0 Å². The molecular formula is C23H23N5O. The summed E-state index contributed by atoms with van der Waals surface area (Å²) in [5, 5.41) is 13.4. The van der Waals surface area contributed by atoms with Crippen LogP contribution in [0.5, 0.6) is 11.6 Å². The molecule has 1 aromatic heterocycles. The Morgan fingerprint density at radius 2 is 1.83 bits per heavy atom. The van der Waals surface area contributed by atoms with Crippen LogP contribution in [0.4, 0.5) is 5.69 Å². The molecule has 0 amide bonds. The van der Waals surface area contributed by atoms with Gasteiger partial charge in [0.1, 0.15) is 5.75 Å². The number of nitrogens with zero attached hydrogens (tertiary/aromatic N) is 5. The molecule has 1 aliphatic rings. The summed E-state index contributed by atoms with van der Waals surface area (Å²) in [6, 6.07) is 15.3. The van der Waals surface area contributed by atoms with Crippen LogP contribution in [0.3, 0.4) is 0 Å². The molecule has 0 radical (unpaired) electrons. The van der Waals surface area contributed by atoms with E-state index in [0.717, 1.165) is 41.3 Å². The zero-order chi connectivity index (χ0) is 20.2. The lowest BCUT2D eigenvalue weighted by Crippen LogP contribution is -2.16. The Kier molecular flexibility index (Phi) is 5.30. The van der Waals surface area contributed by atoms with Crippen molar-refractivity contribution in [3.8, 4) is 23.4 Å². The Hall–Kier alpha value is -3.59. The second-order valence-electron chi connectivity index (χ2n) is 7.25. The highest BCUT2D eigenvalue weighted by molar-refractivity contribution is 5.65. The summed E-state index contributed by atoms with van der Waals surface area (Å²) in [7, 11) is 0. The number of likely N-dealkylation sites (tertiary alicyclic amines) is 1. The molecule has 0 saturated carbocycles. The van der Waals surface area contributed by atoms with Gasteiger partial charge in [0.25, 0.3) is 0 Å². The van der Waals surface area contributed by atoms with Crippen molar-refractivity contribution in [2.24, 2.45) is 4.99 Å². The lowest BCUT2D eigenvalue weighted by Gasteiger charge is -2.12. The van der Waals surface area contributed by atoms with Crippen LogP contribution in [-0.2, 0) is 0 Å². The van der Waals surface area contributed by atoms with Crippen molar-refractivity contribution in [3.05, 3.63) is 65.4 Å². The van der Waals surface area contributed by atoms with E-state index < -0.39 is 0 Å². The molecule has 0 atom stereocenters. The van der Waals surface area contributed by atoms with Crippen LogP contribution in [0.1, 0.15) is 29.5 Å². The SMILES string of the molecule is Cc1cc(Oc2ccn(-c3ccc(C#N)cc3)n2)c(C)cc1N=CN1CCCC1. The standard InChI is InChI=1S/C23H23N5O/c1-17-14-22(18(2)13-21(17)25-16-27-10-3-4-11-27)29-23-9-12-28(26-23)20-7-5-19(15-24)6-8-20/h5-9,12-14,16H,3-4,10-11H2,1-2H3. The number of aryl methyl sites for hydroxylation is 2. The van der Waals surface area contributed by atoms with E-state index >= 15 is 0 Å². The Labute approximate surface area is 170 Å². The molecule has 2 aromatic carbocycles. The van der Waals surface area contributed by atoms with Gasteiger partial charge >= 0.3 is 0 Å². The zero-order valence-electron chi connectivity index (χ0n) is 16.7. The minimum Gasteiger partial charge on any atom is -0.437 e. The summed E-state index contributed by atoms with van der Waals surface area (Å²) in [6.07, 6.45) is 6.28. The first-order valence-electron chi connectivity index (χ1n) is 9.76. The quantitative estimate of drug-likeness (QED) is 0.462. The fourth-order valence-corrected chi connectivity index (χ4v) is 3.33. The predicted molar refractivity (Wildman–Crippen MR) is 113 cm³/mol. The fraction of sp³-hybridized carbons (Fsp3) is 0.261. The first-order valence-corrected chi connectivity index (χ1v) is 9.76. The summed E-state index contributed by atoms with van der Waals surface area (Å²) >= 11 is 0. The average molecular weight is 385 g/mol. The van der Waals surface area contributed by atoms with Gasteiger partial charge in [-0.1, -0.05) is 0 Å². The van der Waals surface area contributed by atoms with E-state index in [1.807, 2.05) is 50.6 Å². The molecule has 3 aromatic rings. The smallest absolute Gasteiger partial charge is 0.238 e. The number of hydrogen-bond donors (Lipinski definition) is 0. The molecule has 6 nitrogen and oxygen atoms in total. The Balaban J connectivity index is 1.50. The van der Waals surface area contributed by atoms with Gasteiger partial charge in [-0.2, -0.15) is 5.26 Å². The van der Waals surface area contributed by atoms with E-state index in [0.29, 0.717) is 11.4 Å². The number of ether oxygens (including phenoxy) is 1. The maximum Gasteiger partial charge on any atom is 0.238 e. The van der Waals surface area contributed by atoms with Crippen molar-refractivity contribution in [1.29, 1.82) is 5.26 Å². The minimum atomic E-state index is 0.519. The van der Waals surface area contributed by atoms with Crippen molar-refractivity contribution in [2.45, 2.75) is 26.7 Å². The van der Waals surface area contributed by atoms with Crippen LogP contribution in [0.15, 0.2) is 53.7 Å². The van der Waals surface area contributed by atoms with Gasteiger partial charge in [-0.3, -0.25) is 0 Å². The number of hydrogen-bond acceptors (Lipinski definition) is 4. The number of rotatable bonds is 5. The number of nitriles is 1. The normalized spacial score (nSPS) is 13.8. The molecular weight excluding hydrogens is 362 g/mol. The molecule has 0 spiro atoms. The summed E-state index contributed by atoms with van der Waals surface area (Å²) in [5.74, 6) is 1.29. The summed E-state index contributed by atoms with van der Waals surface area (Å²) in [5.41, 5.74) is 4.53. The molecule has 1 fully saturated rings. The monoisotopic (exact) mass is 385 g/mol. The van der Waals surface area contributed by atoms with Gasteiger partial charge in [0.15, 0.2) is 0 Å². The fourth-order valence-electron chi connectivity index (χ4n) is 3.33. The molecule has 0 N–H and O–H groups in total. The number of benzene rings is 2. The maximum atomic E-state index is 8.92. The Bertz CT molecular complexity index is 1070. The second kappa shape index (κ2) is 8.19. The molecule has 6 heteroatoms. The molecule has 146 valence electrons. The van der Waals surface area contributed by atoms with Gasteiger partial charge in [-0.25, -0.2) is 9.67 Å². The van der Waals surface area contributed by atoms with Crippen LogP contribution in [-0.4, -0.2) is 34.1 Å². The largest absolute Gasteiger partial charge is 0.437 e. The molecule has 1 aliphatic heterocycles. The van der Waals surface area contributed by atoms with E-state index in [-0.39, 0.29) is 0 Å². The first kappa shape index (κ1) is 18.8. The third kappa shape index (κ3) is 4.30. The highest BCUT2D eigenvalue weighted by atomic mass is 16.5. The molecule has 4 rings (SSSR count). The topological polar surface area (TPSA) is 66.4 Å². The van der Waals surface area contributed by atoms with Crippen LogP contribution in [0, 0.1) is 25.2 Å². The van der Waals surface area contributed by atoms with Crippen LogP contribution in [0.25, 0.3) is 5.69 Å². The first-order chi connectivity index (χ1) is 14.1. The van der Waals surface area contributed by atoms with Crippen LogP contribution < -0.4 is 4.74 Å². The van der Waals surface area contributed by atoms with Gasteiger partial charge in [0.05, 0.1) is 29.3 Å². The van der Waals surface area contributed by atoms with Gasteiger partial charge < -0.3 is 9.64 Å². The molecule has 0 unspecified atom stereocenters. The van der Waals surface area contributed by atoms with Crippen molar-refractivity contribution in [1.82, 2.24) is 14.7 Å². The number of aromatic nitrogens is 2. The third-order valence-corrected chi connectivity index (χ3v) is 5.03. The maximum absolute atomic E-state index is 8.92.